The molecule has 0 heterocycles. The van der Waals surface area contributed by atoms with Crippen molar-refractivity contribution in [2.24, 2.45) is 0 Å². The summed E-state index contributed by atoms with van der Waals surface area (Å²) in [5, 5.41) is 3.31. The summed E-state index contributed by atoms with van der Waals surface area (Å²) in [5.41, 5.74) is 1.85. The van der Waals surface area contributed by atoms with Gasteiger partial charge in [0.25, 0.3) is 0 Å². The van der Waals surface area contributed by atoms with Gasteiger partial charge in [0.05, 0.1) is 0 Å². The first-order valence-electron chi connectivity index (χ1n) is 4.75. The van der Waals surface area contributed by atoms with E-state index in [4.69, 9.17) is 0 Å². The first-order valence-corrected chi connectivity index (χ1v) is 4.75. The molecular weight excluding hydrogens is 165 g/mol. The van der Waals surface area contributed by atoms with Gasteiger partial charge in [0.15, 0.2) is 0 Å². The fourth-order valence-electron chi connectivity index (χ4n) is 1.42. The van der Waals surface area contributed by atoms with Crippen LogP contribution in [0.4, 0.5) is 4.39 Å². The van der Waals surface area contributed by atoms with Crippen LogP contribution >= 0.6 is 0 Å². The van der Waals surface area contributed by atoms with Crippen LogP contribution in [0.5, 0.6) is 0 Å². The molecule has 13 heavy (non-hydrogen) atoms. The minimum absolute atomic E-state index is 0.0897. The molecule has 1 aliphatic rings. The van der Waals surface area contributed by atoms with Gasteiger partial charge in [-0.25, -0.2) is 4.39 Å². The zero-order valence-corrected chi connectivity index (χ0v) is 7.81. The van der Waals surface area contributed by atoms with E-state index in [1.54, 1.807) is 6.07 Å². The van der Waals surface area contributed by atoms with Crippen molar-refractivity contribution in [2.45, 2.75) is 32.4 Å². The van der Waals surface area contributed by atoms with Crippen molar-refractivity contribution in [2.75, 3.05) is 0 Å². The van der Waals surface area contributed by atoms with E-state index in [1.165, 1.54) is 18.9 Å². The molecule has 0 aromatic heterocycles. The maximum absolute atomic E-state index is 13.3. The smallest absolute Gasteiger partial charge is 0.127 e. The molecule has 1 aliphatic carbocycles. The molecule has 0 spiro atoms. The zero-order chi connectivity index (χ0) is 9.26. The topological polar surface area (TPSA) is 12.0 Å². The monoisotopic (exact) mass is 179 g/mol. The number of benzene rings is 1. The van der Waals surface area contributed by atoms with Crippen LogP contribution in [0, 0.1) is 12.7 Å². The van der Waals surface area contributed by atoms with E-state index in [-0.39, 0.29) is 5.82 Å². The Kier molecular flexibility index (Phi) is 2.32. The van der Waals surface area contributed by atoms with Crippen LogP contribution < -0.4 is 5.32 Å². The summed E-state index contributed by atoms with van der Waals surface area (Å²) in [6.45, 7) is 2.62. The van der Waals surface area contributed by atoms with Gasteiger partial charge in [-0.1, -0.05) is 12.1 Å². The molecule has 1 aromatic rings. The highest BCUT2D eigenvalue weighted by Crippen LogP contribution is 2.20. The van der Waals surface area contributed by atoms with E-state index in [0.29, 0.717) is 12.6 Å². The summed E-state index contributed by atoms with van der Waals surface area (Å²) in [6, 6.07) is 5.87. The average molecular weight is 179 g/mol. The highest BCUT2D eigenvalue weighted by Gasteiger charge is 2.20. The van der Waals surface area contributed by atoms with E-state index >= 15 is 0 Å². The fourth-order valence-corrected chi connectivity index (χ4v) is 1.42. The normalized spacial score (nSPS) is 16.2. The highest BCUT2D eigenvalue weighted by atomic mass is 19.1. The largest absolute Gasteiger partial charge is 0.310 e. The summed E-state index contributed by atoms with van der Waals surface area (Å²) in [7, 11) is 0. The SMILES string of the molecule is Cc1cccc(F)c1CNC1CC1. The molecule has 1 fully saturated rings. The average Bonchev–Trinajstić information content (AvgIpc) is 2.87. The Hall–Kier alpha value is -0.890. The van der Waals surface area contributed by atoms with Crippen molar-refractivity contribution < 1.29 is 4.39 Å². The molecule has 2 rings (SSSR count). The lowest BCUT2D eigenvalue weighted by atomic mass is 10.1. The Morgan fingerprint density at radius 2 is 2.23 bits per heavy atom. The number of aryl methyl sites for hydroxylation is 1. The van der Waals surface area contributed by atoms with Crippen LogP contribution in [0.15, 0.2) is 18.2 Å². The predicted octanol–water partition coefficient (Wildman–Crippen LogP) is 2.39. The molecule has 70 valence electrons. The lowest BCUT2D eigenvalue weighted by Gasteiger charge is -2.07. The second-order valence-corrected chi connectivity index (χ2v) is 3.69. The van der Waals surface area contributed by atoms with Gasteiger partial charge in [0, 0.05) is 18.2 Å². The van der Waals surface area contributed by atoms with Gasteiger partial charge >= 0.3 is 0 Å². The Morgan fingerprint density at radius 3 is 2.85 bits per heavy atom. The maximum Gasteiger partial charge on any atom is 0.127 e. The summed E-state index contributed by atoms with van der Waals surface area (Å²) >= 11 is 0. The maximum atomic E-state index is 13.3. The molecule has 0 bridgehead atoms. The third kappa shape index (κ3) is 2.07. The number of rotatable bonds is 3. The van der Waals surface area contributed by atoms with Gasteiger partial charge in [0.2, 0.25) is 0 Å². The third-order valence-corrected chi connectivity index (χ3v) is 2.50. The summed E-state index contributed by atoms with van der Waals surface area (Å²) < 4.78 is 13.3. The number of nitrogens with one attached hydrogen (secondary N) is 1. The van der Waals surface area contributed by atoms with Gasteiger partial charge in [-0.2, -0.15) is 0 Å². The Balaban J connectivity index is 2.07. The number of hydrogen-bond donors (Lipinski definition) is 1. The van der Waals surface area contributed by atoms with Crippen LogP contribution in [0.3, 0.4) is 0 Å². The van der Waals surface area contributed by atoms with Crippen LogP contribution in [-0.2, 0) is 6.54 Å². The lowest BCUT2D eigenvalue weighted by molar-refractivity contribution is 0.584. The third-order valence-electron chi connectivity index (χ3n) is 2.50. The second-order valence-electron chi connectivity index (χ2n) is 3.69. The Morgan fingerprint density at radius 1 is 1.46 bits per heavy atom. The fraction of sp³-hybridized carbons (Fsp3) is 0.455. The molecule has 0 amide bonds. The van der Waals surface area contributed by atoms with E-state index in [0.717, 1.165) is 11.1 Å². The van der Waals surface area contributed by atoms with E-state index in [2.05, 4.69) is 5.32 Å². The first kappa shape index (κ1) is 8.70. The quantitative estimate of drug-likeness (QED) is 0.751. The number of halogens is 1. The van der Waals surface area contributed by atoms with Crippen molar-refractivity contribution in [1.82, 2.24) is 5.32 Å². The van der Waals surface area contributed by atoms with Crippen molar-refractivity contribution >= 4 is 0 Å². The highest BCUT2D eigenvalue weighted by molar-refractivity contribution is 5.27. The molecule has 0 aliphatic heterocycles. The zero-order valence-electron chi connectivity index (χ0n) is 7.81. The standard InChI is InChI=1S/C11H14FN/c1-8-3-2-4-11(12)10(8)7-13-9-5-6-9/h2-4,9,13H,5-7H2,1H3. The first-order chi connectivity index (χ1) is 6.27. The van der Waals surface area contributed by atoms with Crippen LogP contribution in [0.25, 0.3) is 0 Å². The van der Waals surface area contributed by atoms with Crippen molar-refractivity contribution in [3.63, 3.8) is 0 Å². The molecule has 0 saturated heterocycles. The van der Waals surface area contributed by atoms with E-state index < -0.39 is 0 Å². The number of hydrogen-bond acceptors (Lipinski definition) is 1. The molecule has 0 unspecified atom stereocenters. The van der Waals surface area contributed by atoms with E-state index in [1.807, 2.05) is 13.0 Å². The molecule has 0 radical (unpaired) electrons. The summed E-state index contributed by atoms with van der Waals surface area (Å²) in [6.07, 6.45) is 2.49. The van der Waals surface area contributed by atoms with Gasteiger partial charge in [-0.15, -0.1) is 0 Å². The molecular formula is C11H14FN. The molecule has 1 saturated carbocycles. The van der Waals surface area contributed by atoms with Crippen LogP contribution in [0.1, 0.15) is 24.0 Å². The van der Waals surface area contributed by atoms with Gasteiger partial charge in [-0.05, 0) is 31.4 Å². The Bertz CT molecular complexity index is 285. The molecule has 1 nitrogen and oxygen atoms in total. The second kappa shape index (κ2) is 3.46. The molecule has 1 aromatic carbocycles. The van der Waals surface area contributed by atoms with E-state index in [9.17, 15) is 4.39 Å². The van der Waals surface area contributed by atoms with Gasteiger partial charge in [-0.3, -0.25) is 0 Å². The van der Waals surface area contributed by atoms with Crippen LogP contribution in [0.2, 0.25) is 0 Å². The molecule has 1 N–H and O–H groups in total. The Labute approximate surface area is 78.0 Å². The molecule has 0 atom stereocenters. The summed E-state index contributed by atoms with van der Waals surface area (Å²) in [4.78, 5) is 0. The van der Waals surface area contributed by atoms with Crippen molar-refractivity contribution in [3.8, 4) is 0 Å². The molecule has 2 heteroatoms. The predicted molar refractivity (Wildman–Crippen MR) is 51.0 cm³/mol. The minimum atomic E-state index is -0.0897. The van der Waals surface area contributed by atoms with Gasteiger partial charge in [0.1, 0.15) is 5.82 Å². The lowest BCUT2D eigenvalue weighted by Crippen LogP contribution is -2.17. The van der Waals surface area contributed by atoms with Crippen LogP contribution in [-0.4, -0.2) is 6.04 Å². The van der Waals surface area contributed by atoms with Crippen molar-refractivity contribution in [3.05, 3.63) is 35.1 Å². The summed E-state index contributed by atoms with van der Waals surface area (Å²) in [5.74, 6) is -0.0897. The van der Waals surface area contributed by atoms with Crippen molar-refractivity contribution in [1.29, 1.82) is 0 Å². The van der Waals surface area contributed by atoms with Gasteiger partial charge < -0.3 is 5.32 Å². The minimum Gasteiger partial charge on any atom is -0.310 e.